The normalized spacial score (nSPS) is 27.6. The molecule has 5 heteroatoms. The van der Waals surface area contributed by atoms with Gasteiger partial charge >= 0.3 is 6.36 Å². The van der Waals surface area contributed by atoms with Gasteiger partial charge in [0, 0.05) is 5.39 Å². The van der Waals surface area contributed by atoms with Gasteiger partial charge in [0.15, 0.2) is 11.6 Å². The van der Waals surface area contributed by atoms with Crippen LogP contribution in [0.4, 0.5) is 17.6 Å². The van der Waals surface area contributed by atoms with E-state index in [0.717, 1.165) is 31.6 Å². The maximum absolute atomic E-state index is 15.3. The predicted octanol–water partition coefficient (Wildman–Crippen LogP) is 7.98. The van der Waals surface area contributed by atoms with Gasteiger partial charge in [-0.15, -0.1) is 13.2 Å². The SMILES string of the molecule is CCCC1CCC2CC(c3cc4ccccc4c(OC(F)(F)F)c3F)CCC2C1. The van der Waals surface area contributed by atoms with Crippen molar-refractivity contribution >= 4 is 10.8 Å². The van der Waals surface area contributed by atoms with Gasteiger partial charge in [0.25, 0.3) is 0 Å². The maximum atomic E-state index is 15.3. The monoisotopic (exact) mass is 408 g/mol. The van der Waals surface area contributed by atoms with Crippen LogP contribution < -0.4 is 4.74 Å². The van der Waals surface area contributed by atoms with Crippen LogP contribution in [0.2, 0.25) is 0 Å². The molecule has 4 atom stereocenters. The van der Waals surface area contributed by atoms with Gasteiger partial charge < -0.3 is 4.74 Å². The molecule has 0 N–H and O–H groups in total. The predicted molar refractivity (Wildman–Crippen MR) is 106 cm³/mol. The van der Waals surface area contributed by atoms with E-state index in [-0.39, 0.29) is 11.3 Å². The van der Waals surface area contributed by atoms with Crippen molar-refractivity contribution in [2.24, 2.45) is 17.8 Å². The molecule has 2 aromatic rings. The van der Waals surface area contributed by atoms with Gasteiger partial charge in [0.1, 0.15) is 0 Å². The molecule has 2 aliphatic rings. The summed E-state index contributed by atoms with van der Waals surface area (Å²) in [4.78, 5) is 0. The molecule has 1 nitrogen and oxygen atoms in total. The minimum absolute atomic E-state index is 0.0424. The summed E-state index contributed by atoms with van der Waals surface area (Å²) in [6.07, 6.45) is 3.96. The van der Waals surface area contributed by atoms with E-state index in [4.69, 9.17) is 0 Å². The molecule has 29 heavy (non-hydrogen) atoms. The summed E-state index contributed by atoms with van der Waals surface area (Å²) in [5, 5.41) is 0.761. The number of halogens is 4. The summed E-state index contributed by atoms with van der Waals surface area (Å²) in [6, 6.07) is 8.30. The number of hydrogen-bond donors (Lipinski definition) is 0. The van der Waals surface area contributed by atoms with Gasteiger partial charge in [0.2, 0.25) is 0 Å². The van der Waals surface area contributed by atoms with Crippen molar-refractivity contribution < 1.29 is 22.3 Å². The first-order chi connectivity index (χ1) is 13.9. The molecule has 0 heterocycles. The van der Waals surface area contributed by atoms with E-state index < -0.39 is 17.9 Å². The Labute approximate surface area is 169 Å². The number of fused-ring (bicyclic) bond motifs is 2. The van der Waals surface area contributed by atoms with Crippen LogP contribution in [0, 0.1) is 23.6 Å². The second-order valence-corrected chi connectivity index (χ2v) is 8.88. The summed E-state index contributed by atoms with van der Waals surface area (Å²) < 4.78 is 58.3. The molecular weight excluding hydrogens is 380 g/mol. The summed E-state index contributed by atoms with van der Waals surface area (Å²) in [5.41, 5.74) is 0.386. The Morgan fingerprint density at radius 3 is 2.48 bits per heavy atom. The Morgan fingerprint density at radius 2 is 1.72 bits per heavy atom. The highest BCUT2D eigenvalue weighted by Gasteiger charge is 2.38. The zero-order chi connectivity index (χ0) is 20.6. The molecule has 0 bridgehead atoms. The summed E-state index contributed by atoms with van der Waals surface area (Å²) in [5.74, 6) is 0.482. The molecule has 0 radical (unpaired) electrons. The molecule has 0 amide bonds. The van der Waals surface area contributed by atoms with E-state index in [2.05, 4.69) is 11.7 Å². The molecule has 4 rings (SSSR count). The standard InChI is InChI=1S/C24H28F4O/c1-2-5-15-8-9-17-13-19(11-10-16(17)12-15)21-14-18-6-3-4-7-20(18)23(22(21)25)29-24(26,27)28/h3-4,6-7,14-17,19H,2,5,8-13H2,1H3. The van der Waals surface area contributed by atoms with Crippen LogP contribution in [0.5, 0.6) is 5.75 Å². The van der Waals surface area contributed by atoms with Gasteiger partial charge in [-0.05, 0) is 72.8 Å². The van der Waals surface area contributed by atoms with E-state index >= 15 is 4.39 Å². The lowest BCUT2D eigenvalue weighted by molar-refractivity contribution is -0.275. The van der Waals surface area contributed by atoms with Crippen LogP contribution in [0.15, 0.2) is 30.3 Å². The zero-order valence-corrected chi connectivity index (χ0v) is 16.8. The first-order valence-corrected chi connectivity index (χ1v) is 10.8. The molecule has 2 aliphatic carbocycles. The minimum Gasteiger partial charge on any atom is -0.402 e. The highest BCUT2D eigenvalue weighted by molar-refractivity contribution is 5.89. The minimum atomic E-state index is -4.92. The fraction of sp³-hybridized carbons (Fsp3) is 0.583. The van der Waals surface area contributed by atoms with Crippen molar-refractivity contribution in [2.45, 2.75) is 70.6 Å². The lowest BCUT2D eigenvalue weighted by Gasteiger charge is -2.42. The molecule has 158 valence electrons. The van der Waals surface area contributed by atoms with Crippen molar-refractivity contribution in [3.05, 3.63) is 41.7 Å². The summed E-state index contributed by atoms with van der Waals surface area (Å²) in [6.45, 7) is 2.23. The first kappa shape index (κ1) is 20.5. The Bertz CT molecular complexity index is 860. The Kier molecular flexibility index (Phi) is 5.76. The van der Waals surface area contributed by atoms with E-state index in [1.165, 1.54) is 31.7 Å². The lowest BCUT2D eigenvalue weighted by Crippen LogP contribution is -2.30. The van der Waals surface area contributed by atoms with Crippen LogP contribution in [-0.2, 0) is 0 Å². The highest BCUT2D eigenvalue weighted by Crippen LogP contribution is 2.50. The molecular formula is C24H28F4O. The fourth-order valence-electron chi connectivity index (χ4n) is 5.76. The smallest absolute Gasteiger partial charge is 0.402 e. The summed E-state index contributed by atoms with van der Waals surface area (Å²) >= 11 is 0. The van der Waals surface area contributed by atoms with Crippen LogP contribution in [0.1, 0.15) is 69.8 Å². The van der Waals surface area contributed by atoms with Crippen LogP contribution in [0.3, 0.4) is 0 Å². The van der Waals surface area contributed by atoms with Gasteiger partial charge in [0.05, 0.1) is 0 Å². The van der Waals surface area contributed by atoms with Gasteiger partial charge in [-0.2, -0.15) is 0 Å². The largest absolute Gasteiger partial charge is 0.573 e. The van der Waals surface area contributed by atoms with Gasteiger partial charge in [-0.1, -0.05) is 50.5 Å². The third-order valence-electron chi connectivity index (χ3n) is 7.05. The average Bonchev–Trinajstić information content (AvgIpc) is 2.69. The third kappa shape index (κ3) is 4.39. The second kappa shape index (κ2) is 8.16. The highest BCUT2D eigenvalue weighted by atomic mass is 19.4. The number of rotatable bonds is 4. The first-order valence-electron chi connectivity index (χ1n) is 10.8. The van der Waals surface area contributed by atoms with Gasteiger partial charge in [-0.3, -0.25) is 0 Å². The van der Waals surface area contributed by atoms with E-state index in [0.29, 0.717) is 22.8 Å². The van der Waals surface area contributed by atoms with Crippen molar-refractivity contribution in [3.63, 3.8) is 0 Å². The van der Waals surface area contributed by atoms with Crippen LogP contribution in [-0.4, -0.2) is 6.36 Å². The molecule has 0 aliphatic heterocycles. The fourth-order valence-corrected chi connectivity index (χ4v) is 5.76. The molecule has 0 aromatic heterocycles. The van der Waals surface area contributed by atoms with Crippen molar-refractivity contribution in [3.8, 4) is 5.75 Å². The molecule has 2 fully saturated rings. The Morgan fingerprint density at radius 1 is 1.00 bits per heavy atom. The Hall–Kier alpha value is -1.78. The van der Waals surface area contributed by atoms with Gasteiger partial charge in [-0.25, -0.2) is 4.39 Å². The van der Waals surface area contributed by atoms with E-state index in [1.807, 2.05) is 0 Å². The number of alkyl halides is 3. The van der Waals surface area contributed by atoms with Crippen molar-refractivity contribution in [2.75, 3.05) is 0 Å². The summed E-state index contributed by atoms with van der Waals surface area (Å²) in [7, 11) is 0. The lowest BCUT2D eigenvalue weighted by atomic mass is 9.63. The molecule has 4 unspecified atom stereocenters. The van der Waals surface area contributed by atoms with E-state index in [9.17, 15) is 13.2 Å². The average molecular weight is 408 g/mol. The number of benzene rings is 2. The van der Waals surface area contributed by atoms with Crippen molar-refractivity contribution in [1.29, 1.82) is 0 Å². The van der Waals surface area contributed by atoms with E-state index in [1.54, 1.807) is 24.3 Å². The molecule has 0 spiro atoms. The Balaban J connectivity index is 1.62. The molecule has 2 aromatic carbocycles. The number of ether oxygens (including phenoxy) is 1. The molecule has 2 saturated carbocycles. The second-order valence-electron chi connectivity index (χ2n) is 8.88. The quantitative estimate of drug-likeness (QED) is 0.466. The zero-order valence-electron chi connectivity index (χ0n) is 16.8. The number of hydrogen-bond acceptors (Lipinski definition) is 1. The topological polar surface area (TPSA) is 9.23 Å². The van der Waals surface area contributed by atoms with Crippen LogP contribution >= 0.6 is 0 Å². The maximum Gasteiger partial charge on any atom is 0.573 e. The molecule has 0 saturated heterocycles. The van der Waals surface area contributed by atoms with Crippen LogP contribution in [0.25, 0.3) is 10.8 Å². The third-order valence-corrected chi connectivity index (χ3v) is 7.05. The van der Waals surface area contributed by atoms with Crippen molar-refractivity contribution in [1.82, 2.24) is 0 Å².